The standard InChI is InChI=1S/C19H26F4N2O2/c1-18(2,24-11-16(26)14-6-3-7-15(20)9-14)10-13-5-4-8-25(12-13)17(27)19(21,22)23/h3,6-7,9,13,16,24,26H,4-5,8,10-12H2,1-2H3/t13-,16-/m0/s1. The molecule has 0 unspecified atom stereocenters. The molecule has 0 bridgehead atoms. The van der Waals surface area contributed by atoms with Gasteiger partial charge in [0.2, 0.25) is 0 Å². The second-order valence-electron chi connectivity index (χ2n) is 7.80. The molecule has 1 aliphatic rings. The highest BCUT2D eigenvalue weighted by molar-refractivity contribution is 5.81. The van der Waals surface area contributed by atoms with Crippen LogP contribution in [0.3, 0.4) is 0 Å². The van der Waals surface area contributed by atoms with Gasteiger partial charge in [-0.3, -0.25) is 4.79 Å². The molecule has 4 nitrogen and oxygen atoms in total. The van der Waals surface area contributed by atoms with Gasteiger partial charge in [-0.1, -0.05) is 12.1 Å². The third-order valence-electron chi connectivity index (χ3n) is 4.86. The number of halogens is 4. The Hall–Kier alpha value is -1.67. The number of benzene rings is 1. The molecule has 1 aromatic carbocycles. The highest BCUT2D eigenvalue weighted by Gasteiger charge is 2.44. The number of amides is 1. The van der Waals surface area contributed by atoms with Gasteiger partial charge < -0.3 is 15.3 Å². The summed E-state index contributed by atoms with van der Waals surface area (Å²) in [5.74, 6) is -2.26. The Balaban J connectivity index is 1.88. The first kappa shape index (κ1) is 21.6. The SMILES string of the molecule is CC(C)(C[C@@H]1CCCN(C(=O)C(F)(F)F)C1)NC[C@H](O)c1cccc(F)c1. The summed E-state index contributed by atoms with van der Waals surface area (Å²) in [6.07, 6.45) is -3.89. The molecule has 1 heterocycles. The number of hydrogen-bond acceptors (Lipinski definition) is 3. The molecule has 0 aromatic heterocycles. The molecular weight excluding hydrogens is 364 g/mol. The van der Waals surface area contributed by atoms with E-state index in [0.717, 1.165) is 11.3 Å². The van der Waals surface area contributed by atoms with Gasteiger partial charge in [0.15, 0.2) is 0 Å². The molecule has 1 saturated heterocycles. The Morgan fingerprint density at radius 1 is 1.37 bits per heavy atom. The Kier molecular flexibility index (Phi) is 6.86. The maximum Gasteiger partial charge on any atom is 0.471 e. The molecule has 1 amide bonds. The maximum atomic E-state index is 13.3. The molecule has 0 saturated carbocycles. The fourth-order valence-corrected chi connectivity index (χ4v) is 3.59. The van der Waals surface area contributed by atoms with Crippen molar-refractivity contribution >= 4 is 5.91 Å². The third-order valence-corrected chi connectivity index (χ3v) is 4.86. The second-order valence-corrected chi connectivity index (χ2v) is 7.80. The lowest BCUT2D eigenvalue weighted by Gasteiger charge is -2.38. The van der Waals surface area contributed by atoms with E-state index >= 15 is 0 Å². The number of rotatable bonds is 6. The van der Waals surface area contributed by atoms with E-state index in [-0.39, 0.29) is 25.6 Å². The zero-order chi connectivity index (χ0) is 20.2. The molecule has 2 N–H and O–H groups in total. The first-order valence-electron chi connectivity index (χ1n) is 9.02. The molecule has 0 radical (unpaired) electrons. The second kappa shape index (κ2) is 8.56. The van der Waals surface area contributed by atoms with Crippen molar-refractivity contribution < 1.29 is 27.5 Å². The van der Waals surface area contributed by atoms with Crippen molar-refractivity contribution in [1.29, 1.82) is 0 Å². The van der Waals surface area contributed by atoms with E-state index in [1.807, 2.05) is 13.8 Å². The first-order valence-corrected chi connectivity index (χ1v) is 9.02. The van der Waals surface area contributed by atoms with E-state index in [4.69, 9.17) is 0 Å². The van der Waals surface area contributed by atoms with Crippen molar-refractivity contribution in [1.82, 2.24) is 10.2 Å². The van der Waals surface area contributed by atoms with Crippen LogP contribution in [0, 0.1) is 11.7 Å². The normalized spacial score (nSPS) is 19.8. The van der Waals surface area contributed by atoms with Gasteiger partial charge in [0.1, 0.15) is 5.82 Å². The summed E-state index contributed by atoms with van der Waals surface area (Å²) in [4.78, 5) is 12.3. The number of likely N-dealkylation sites (tertiary alicyclic amines) is 1. The minimum atomic E-state index is -4.84. The van der Waals surface area contributed by atoms with Gasteiger partial charge in [-0.05, 0) is 56.7 Å². The molecule has 0 aliphatic carbocycles. The number of aliphatic hydroxyl groups excluding tert-OH is 1. The van der Waals surface area contributed by atoms with Gasteiger partial charge in [-0.2, -0.15) is 13.2 Å². The number of carbonyl (C=O) groups excluding carboxylic acids is 1. The van der Waals surface area contributed by atoms with E-state index in [2.05, 4.69) is 5.32 Å². The van der Waals surface area contributed by atoms with Gasteiger partial charge in [-0.15, -0.1) is 0 Å². The molecule has 27 heavy (non-hydrogen) atoms. The average Bonchev–Trinajstić information content (AvgIpc) is 2.58. The predicted molar refractivity (Wildman–Crippen MR) is 93.4 cm³/mol. The largest absolute Gasteiger partial charge is 0.471 e. The lowest BCUT2D eigenvalue weighted by Crippen LogP contribution is -2.49. The monoisotopic (exact) mass is 390 g/mol. The minimum absolute atomic E-state index is 0.0566. The summed E-state index contributed by atoms with van der Waals surface area (Å²) < 4.78 is 51.2. The molecule has 2 rings (SSSR count). The number of nitrogens with zero attached hydrogens (tertiary/aromatic N) is 1. The highest BCUT2D eigenvalue weighted by Crippen LogP contribution is 2.28. The lowest BCUT2D eigenvalue weighted by molar-refractivity contribution is -0.187. The molecule has 1 fully saturated rings. The van der Waals surface area contributed by atoms with Crippen molar-refractivity contribution in [2.24, 2.45) is 5.92 Å². The third kappa shape index (κ3) is 6.46. The van der Waals surface area contributed by atoms with Gasteiger partial charge in [0, 0.05) is 25.2 Å². The van der Waals surface area contributed by atoms with E-state index in [0.29, 0.717) is 18.4 Å². The number of aliphatic hydroxyl groups is 1. The molecule has 1 aliphatic heterocycles. The van der Waals surface area contributed by atoms with Crippen molar-refractivity contribution in [3.63, 3.8) is 0 Å². The molecule has 0 spiro atoms. The molecule has 8 heteroatoms. The summed E-state index contributed by atoms with van der Waals surface area (Å²) in [7, 11) is 0. The zero-order valence-corrected chi connectivity index (χ0v) is 15.5. The van der Waals surface area contributed by atoms with Crippen LogP contribution < -0.4 is 5.32 Å². The topological polar surface area (TPSA) is 52.6 Å². The Labute approximate surface area is 156 Å². The van der Waals surface area contributed by atoms with Crippen LogP contribution in [0.1, 0.15) is 44.8 Å². The summed E-state index contributed by atoms with van der Waals surface area (Å²) in [5.41, 5.74) is 0.00131. The smallest absolute Gasteiger partial charge is 0.387 e. The number of nitrogens with one attached hydrogen (secondary N) is 1. The van der Waals surface area contributed by atoms with Crippen LogP contribution >= 0.6 is 0 Å². The Bertz CT molecular complexity index is 649. The van der Waals surface area contributed by atoms with Crippen molar-refractivity contribution in [2.75, 3.05) is 19.6 Å². The molecule has 1 aromatic rings. The van der Waals surface area contributed by atoms with E-state index in [1.54, 1.807) is 6.07 Å². The van der Waals surface area contributed by atoms with Crippen LogP contribution in [0.15, 0.2) is 24.3 Å². The zero-order valence-electron chi connectivity index (χ0n) is 15.5. The number of carbonyl (C=O) groups is 1. The fourth-order valence-electron chi connectivity index (χ4n) is 3.59. The van der Waals surface area contributed by atoms with Crippen LogP contribution in [-0.2, 0) is 4.79 Å². The van der Waals surface area contributed by atoms with E-state index in [9.17, 15) is 27.5 Å². The summed E-state index contributed by atoms with van der Waals surface area (Å²) in [6, 6.07) is 5.71. The van der Waals surface area contributed by atoms with E-state index in [1.165, 1.54) is 18.2 Å². The first-order chi connectivity index (χ1) is 12.5. The summed E-state index contributed by atoms with van der Waals surface area (Å²) in [5, 5.41) is 13.4. The number of β-amino-alcohol motifs (C(OH)–C–C–N with tert-alkyl or cyclic N) is 1. The molecule has 152 valence electrons. The van der Waals surface area contributed by atoms with Gasteiger partial charge >= 0.3 is 12.1 Å². The predicted octanol–water partition coefficient (Wildman–Crippen LogP) is 3.42. The van der Waals surface area contributed by atoms with Crippen LogP contribution in [0.2, 0.25) is 0 Å². The maximum absolute atomic E-state index is 13.3. The van der Waals surface area contributed by atoms with Crippen LogP contribution in [0.4, 0.5) is 17.6 Å². The summed E-state index contributed by atoms with van der Waals surface area (Å²) in [6.45, 7) is 4.19. The number of alkyl halides is 3. The van der Waals surface area contributed by atoms with Crippen LogP contribution in [0.5, 0.6) is 0 Å². The van der Waals surface area contributed by atoms with Crippen LogP contribution in [-0.4, -0.2) is 47.3 Å². The van der Waals surface area contributed by atoms with Crippen molar-refractivity contribution in [3.8, 4) is 0 Å². The molecular formula is C19H26F4N2O2. The summed E-state index contributed by atoms with van der Waals surface area (Å²) >= 11 is 0. The quantitative estimate of drug-likeness (QED) is 0.732. The average molecular weight is 390 g/mol. The van der Waals surface area contributed by atoms with Crippen LogP contribution in [0.25, 0.3) is 0 Å². The Morgan fingerprint density at radius 2 is 2.07 bits per heavy atom. The lowest BCUT2D eigenvalue weighted by atomic mass is 9.85. The minimum Gasteiger partial charge on any atom is -0.387 e. The number of piperidine rings is 1. The van der Waals surface area contributed by atoms with Gasteiger partial charge in [0.25, 0.3) is 0 Å². The van der Waals surface area contributed by atoms with E-state index < -0.39 is 29.5 Å². The highest BCUT2D eigenvalue weighted by atomic mass is 19.4. The van der Waals surface area contributed by atoms with Crippen molar-refractivity contribution in [2.45, 2.75) is 50.9 Å². The number of hydrogen-bond donors (Lipinski definition) is 2. The van der Waals surface area contributed by atoms with Gasteiger partial charge in [0.05, 0.1) is 6.10 Å². The fraction of sp³-hybridized carbons (Fsp3) is 0.632. The molecule has 2 atom stereocenters. The van der Waals surface area contributed by atoms with Crippen molar-refractivity contribution in [3.05, 3.63) is 35.6 Å². The van der Waals surface area contributed by atoms with Gasteiger partial charge in [-0.25, -0.2) is 4.39 Å². The Morgan fingerprint density at radius 3 is 2.70 bits per heavy atom.